The van der Waals surface area contributed by atoms with Crippen LogP contribution in [-0.4, -0.2) is 28.9 Å². The van der Waals surface area contributed by atoms with E-state index in [0.717, 1.165) is 0 Å². The molecular formula is C16H15IN2O4. The Morgan fingerprint density at radius 3 is 2.74 bits per heavy atom. The molecule has 0 atom stereocenters. The zero-order chi connectivity index (χ0) is 16.8. The largest absolute Gasteiger partial charge is 0.507 e. The molecule has 0 saturated heterocycles. The number of hydrogen-bond donors (Lipinski definition) is 3. The van der Waals surface area contributed by atoms with Crippen molar-refractivity contribution in [1.82, 2.24) is 5.43 Å². The number of ether oxygens (including phenoxy) is 1. The molecular weight excluding hydrogens is 411 g/mol. The van der Waals surface area contributed by atoms with Crippen molar-refractivity contribution in [2.45, 2.75) is 6.92 Å². The highest BCUT2D eigenvalue weighted by atomic mass is 127. The first kappa shape index (κ1) is 17.1. The first-order valence-electron chi connectivity index (χ1n) is 6.79. The number of hydrogen-bond acceptors (Lipinski definition) is 5. The summed E-state index contributed by atoms with van der Waals surface area (Å²) in [4.78, 5) is 11.9. The number of amides is 1. The molecule has 2 aromatic rings. The summed E-state index contributed by atoms with van der Waals surface area (Å²) in [6.07, 6.45) is 1.44. The van der Waals surface area contributed by atoms with Gasteiger partial charge >= 0.3 is 0 Å². The van der Waals surface area contributed by atoms with Gasteiger partial charge in [-0.2, -0.15) is 5.10 Å². The molecule has 0 aliphatic heterocycles. The Balaban J connectivity index is 2.04. The van der Waals surface area contributed by atoms with Crippen molar-refractivity contribution < 1.29 is 19.7 Å². The topological polar surface area (TPSA) is 91.2 Å². The van der Waals surface area contributed by atoms with E-state index in [1.165, 1.54) is 18.3 Å². The van der Waals surface area contributed by atoms with Gasteiger partial charge in [0, 0.05) is 5.56 Å². The minimum Gasteiger partial charge on any atom is -0.507 e. The van der Waals surface area contributed by atoms with Crippen LogP contribution in [0.4, 0.5) is 0 Å². The summed E-state index contributed by atoms with van der Waals surface area (Å²) in [5.41, 5.74) is 3.34. The number of rotatable bonds is 5. The van der Waals surface area contributed by atoms with Crippen LogP contribution in [-0.2, 0) is 0 Å². The Morgan fingerprint density at radius 2 is 2.04 bits per heavy atom. The highest BCUT2D eigenvalue weighted by Crippen LogP contribution is 2.26. The number of nitrogens with zero attached hydrogens (tertiary/aromatic N) is 1. The summed E-state index contributed by atoms with van der Waals surface area (Å²) in [7, 11) is 0. The molecule has 0 unspecified atom stereocenters. The summed E-state index contributed by atoms with van der Waals surface area (Å²) >= 11 is 1.97. The maximum Gasteiger partial charge on any atom is 0.271 e. The average Bonchev–Trinajstić information content (AvgIpc) is 2.53. The van der Waals surface area contributed by atoms with E-state index in [2.05, 4.69) is 10.5 Å². The van der Waals surface area contributed by atoms with Gasteiger partial charge in [-0.05, 0) is 71.5 Å². The SMILES string of the molecule is CCOc1cc(/C=N/NC(=O)c2ccc(I)c(O)c2)ccc1O. The lowest BCUT2D eigenvalue weighted by Gasteiger charge is -2.06. The average molecular weight is 426 g/mol. The predicted octanol–water partition coefficient (Wildman–Crippen LogP) is 2.87. The Labute approximate surface area is 146 Å². The van der Waals surface area contributed by atoms with Crippen LogP contribution in [0.2, 0.25) is 0 Å². The van der Waals surface area contributed by atoms with Crippen LogP contribution in [0.15, 0.2) is 41.5 Å². The zero-order valence-electron chi connectivity index (χ0n) is 12.3. The summed E-state index contributed by atoms with van der Waals surface area (Å²) in [6, 6.07) is 9.37. The number of benzene rings is 2. The second kappa shape index (κ2) is 7.82. The number of phenols is 2. The monoisotopic (exact) mass is 426 g/mol. The predicted molar refractivity (Wildman–Crippen MR) is 95.2 cm³/mol. The second-order valence-electron chi connectivity index (χ2n) is 4.53. The number of carbonyl (C=O) groups is 1. The Morgan fingerprint density at radius 1 is 1.26 bits per heavy atom. The van der Waals surface area contributed by atoms with Crippen molar-refractivity contribution in [1.29, 1.82) is 0 Å². The fourth-order valence-corrected chi connectivity index (χ4v) is 2.10. The summed E-state index contributed by atoms with van der Waals surface area (Å²) < 4.78 is 5.93. The molecule has 0 aliphatic carbocycles. The maximum atomic E-state index is 11.9. The van der Waals surface area contributed by atoms with Crippen LogP contribution < -0.4 is 10.2 Å². The van der Waals surface area contributed by atoms with Gasteiger partial charge in [0.05, 0.1) is 16.4 Å². The van der Waals surface area contributed by atoms with Gasteiger partial charge in [-0.1, -0.05) is 0 Å². The highest BCUT2D eigenvalue weighted by molar-refractivity contribution is 14.1. The molecule has 7 heteroatoms. The highest BCUT2D eigenvalue weighted by Gasteiger charge is 2.07. The molecule has 23 heavy (non-hydrogen) atoms. The summed E-state index contributed by atoms with van der Waals surface area (Å²) in [5, 5.41) is 23.1. The zero-order valence-corrected chi connectivity index (χ0v) is 14.4. The molecule has 0 spiro atoms. The van der Waals surface area contributed by atoms with Crippen LogP contribution in [0, 0.1) is 3.57 Å². The number of carbonyl (C=O) groups excluding carboxylic acids is 1. The molecule has 0 aliphatic rings. The fourth-order valence-electron chi connectivity index (χ4n) is 1.77. The first-order valence-corrected chi connectivity index (χ1v) is 7.87. The van der Waals surface area contributed by atoms with Crippen LogP contribution in [0.5, 0.6) is 17.2 Å². The van der Waals surface area contributed by atoms with Gasteiger partial charge in [0.2, 0.25) is 0 Å². The van der Waals surface area contributed by atoms with Crippen molar-refractivity contribution in [3.05, 3.63) is 51.1 Å². The molecule has 6 nitrogen and oxygen atoms in total. The van der Waals surface area contributed by atoms with E-state index in [4.69, 9.17) is 4.74 Å². The van der Waals surface area contributed by atoms with E-state index < -0.39 is 5.91 Å². The Hall–Kier alpha value is -2.29. The summed E-state index contributed by atoms with van der Waals surface area (Å²) in [6.45, 7) is 2.25. The van der Waals surface area contributed by atoms with Gasteiger partial charge in [-0.15, -0.1) is 0 Å². The molecule has 2 rings (SSSR count). The quantitative estimate of drug-likeness (QED) is 0.390. The molecule has 3 N–H and O–H groups in total. The summed E-state index contributed by atoms with van der Waals surface area (Å²) in [5.74, 6) is 0.00612. The maximum absolute atomic E-state index is 11.9. The molecule has 1 amide bonds. The van der Waals surface area contributed by atoms with E-state index in [0.29, 0.717) is 27.1 Å². The lowest BCUT2D eigenvalue weighted by molar-refractivity contribution is 0.0954. The normalized spacial score (nSPS) is 10.7. The van der Waals surface area contributed by atoms with Gasteiger partial charge in [0.25, 0.3) is 5.91 Å². The molecule has 2 aromatic carbocycles. The number of halogens is 1. The Kier molecular flexibility index (Phi) is 5.80. The first-order chi connectivity index (χ1) is 11.0. The standard InChI is InChI=1S/C16H15IN2O4/c1-2-23-15-7-10(3-6-13(15)20)9-18-19-16(22)11-4-5-12(17)14(21)8-11/h3-9,20-21H,2H2,1H3,(H,19,22)/b18-9+. The van der Waals surface area contributed by atoms with Crippen LogP contribution >= 0.6 is 22.6 Å². The van der Waals surface area contributed by atoms with Crippen molar-refractivity contribution in [3.63, 3.8) is 0 Å². The van der Waals surface area contributed by atoms with Gasteiger partial charge in [0.15, 0.2) is 11.5 Å². The van der Waals surface area contributed by atoms with Crippen LogP contribution in [0.25, 0.3) is 0 Å². The number of aromatic hydroxyl groups is 2. The third kappa shape index (κ3) is 4.59. The van der Waals surface area contributed by atoms with E-state index in [1.54, 1.807) is 24.3 Å². The van der Waals surface area contributed by atoms with Crippen molar-refractivity contribution in [3.8, 4) is 17.2 Å². The van der Waals surface area contributed by atoms with Crippen molar-refractivity contribution in [2.75, 3.05) is 6.61 Å². The van der Waals surface area contributed by atoms with E-state index in [1.807, 2.05) is 29.5 Å². The number of phenolic OH excluding ortho intramolecular Hbond substituents is 2. The lowest BCUT2D eigenvalue weighted by Crippen LogP contribution is -2.17. The fraction of sp³-hybridized carbons (Fsp3) is 0.125. The van der Waals surface area contributed by atoms with Crippen molar-refractivity contribution in [2.24, 2.45) is 5.10 Å². The molecule has 120 valence electrons. The molecule has 0 bridgehead atoms. The van der Waals surface area contributed by atoms with Gasteiger partial charge in [0.1, 0.15) is 5.75 Å². The van der Waals surface area contributed by atoms with E-state index in [9.17, 15) is 15.0 Å². The minimum absolute atomic E-state index is 0.0436. The smallest absolute Gasteiger partial charge is 0.271 e. The number of hydrazone groups is 1. The van der Waals surface area contributed by atoms with Crippen LogP contribution in [0.3, 0.4) is 0 Å². The molecule has 0 saturated carbocycles. The van der Waals surface area contributed by atoms with Gasteiger partial charge < -0.3 is 14.9 Å². The number of nitrogens with one attached hydrogen (secondary N) is 1. The minimum atomic E-state index is -0.434. The Bertz CT molecular complexity index is 747. The van der Waals surface area contributed by atoms with Gasteiger partial charge in [-0.25, -0.2) is 5.43 Å². The molecule has 0 aromatic heterocycles. The van der Waals surface area contributed by atoms with E-state index >= 15 is 0 Å². The molecule has 0 fully saturated rings. The lowest BCUT2D eigenvalue weighted by atomic mass is 10.2. The molecule has 0 heterocycles. The third-order valence-corrected chi connectivity index (χ3v) is 3.78. The van der Waals surface area contributed by atoms with Gasteiger partial charge in [-0.3, -0.25) is 4.79 Å². The van der Waals surface area contributed by atoms with E-state index in [-0.39, 0.29) is 11.5 Å². The van der Waals surface area contributed by atoms with Crippen molar-refractivity contribution >= 4 is 34.7 Å². The molecule has 0 radical (unpaired) electrons. The van der Waals surface area contributed by atoms with Crippen LogP contribution in [0.1, 0.15) is 22.8 Å². The second-order valence-corrected chi connectivity index (χ2v) is 5.69. The third-order valence-electron chi connectivity index (χ3n) is 2.87.